The van der Waals surface area contributed by atoms with Gasteiger partial charge >= 0.3 is 6.36 Å². The second-order valence-corrected chi connectivity index (χ2v) is 4.43. The summed E-state index contributed by atoms with van der Waals surface area (Å²) < 4.78 is 40.4. The second-order valence-electron chi connectivity index (χ2n) is 3.64. The molecule has 1 rings (SSSR count). The van der Waals surface area contributed by atoms with Crippen LogP contribution in [0.15, 0.2) is 18.2 Å². The van der Waals surface area contributed by atoms with Gasteiger partial charge in [-0.2, -0.15) is 0 Å². The van der Waals surface area contributed by atoms with Crippen molar-refractivity contribution in [3.63, 3.8) is 0 Å². The number of halogens is 4. The highest BCUT2D eigenvalue weighted by atomic mass is 79.9. The fraction of sp³-hybridized carbons (Fsp3) is 0.500. The third-order valence-corrected chi connectivity index (χ3v) is 2.89. The maximum absolute atomic E-state index is 12.1. The molecule has 0 N–H and O–H groups in total. The van der Waals surface area contributed by atoms with E-state index in [1.165, 1.54) is 6.07 Å². The molecule has 0 unspecified atom stereocenters. The Morgan fingerprint density at radius 3 is 2.53 bits per heavy atom. The predicted molar refractivity (Wildman–Crippen MR) is 64.6 cm³/mol. The van der Waals surface area contributed by atoms with E-state index in [-0.39, 0.29) is 5.75 Å². The average Bonchev–Trinajstić information content (AvgIpc) is 2.25. The van der Waals surface area contributed by atoms with Crippen molar-refractivity contribution in [3.05, 3.63) is 29.3 Å². The van der Waals surface area contributed by atoms with Crippen LogP contribution >= 0.6 is 15.9 Å². The van der Waals surface area contributed by atoms with Gasteiger partial charge in [-0.3, -0.25) is 0 Å². The van der Waals surface area contributed by atoms with Crippen molar-refractivity contribution in [1.29, 1.82) is 0 Å². The SMILES string of the molecule is CCc1cc(CCCBr)ccc1OC(F)(F)F. The minimum absolute atomic E-state index is 0.0948. The van der Waals surface area contributed by atoms with Crippen molar-refractivity contribution in [1.82, 2.24) is 0 Å². The summed E-state index contributed by atoms with van der Waals surface area (Å²) in [6, 6.07) is 4.86. The third kappa shape index (κ3) is 4.98. The molecule has 1 aromatic rings. The summed E-state index contributed by atoms with van der Waals surface area (Å²) in [5.41, 5.74) is 1.63. The van der Waals surface area contributed by atoms with Crippen molar-refractivity contribution in [2.45, 2.75) is 32.5 Å². The van der Waals surface area contributed by atoms with Gasteiger partial charge in [-0.1, -0.05) is 35.0 Å². The lowest BCUT2D eigenvalue weighted by Gasteiger charge is -2.13. The van der Waals surface area contributed by atoms with E-state index in [0.29, 0.717) is 12.0 Å². The van der Waals surface area contributed by atoms with E-state index in [0.717, 1.165) is 23.7 Å². The molecule has 0 saturated heterocycles. The van der Waals surface area contributed by atoms with Crippen LogP contribution in [0.1, 0.15) is 24.5 Å². The summed E-state index contributed by atoms with van der Waals surface area (Å²) >= 11 is 3.32. The summed E-state index contributed by atoms with van der Waals surface area (Å²) in [7, 11) is 0. The van der Waals surface area contributed by atoms with Gasteiger partial charge in [0, 0.05) is 5.33 Å². The molecule has 1 aromatic carbocycles. The molecule has 0 aromatic heterocycles. The first kappa shape index (κ1) is 14.4. The van der Waals surface area contributed by atoms with Crippen LogP contribution in [0.4, 0.5) is 13.2 Å². The summed E-state index contributed by atoms with van der Waals surface area (Å²) in [4.78, 5) is 0. The Labute approximate surface area is 107 Å². The first-order chi connectivity index (χ1) is 7.96. The van der Waals surface area contributed by atoms with Crippen LogP contribution in [0.3, 0.4) is 0 Å². The molecule has 96 valence electrons. The minimum atomic E-state index is -4.62. The smallest absolute Gasteiger partial charge is 0.406 e. The lowest BCUT2D eigenvalue weighted by molar-refractivity contribution is -0.274. The van der Waals surface area contributed by atoms with Crippen molar-refractivity contribution in [3.8, 4) is 5.75 Å². The van der Waals surface area contributed by atoms with E-state index in [1.54, 1.807) is 12.1 Å². The highest BCUT2D eigenvalue weighted by Crippen LogP contribution is 2.28. The lowest BCUT2D eigenvalue weighted by atomic mass is 10.0. The van der Waals surface area contributed by atoms with E-state index in [1.807, 2.05) is 6.92 Å². The molecule has 0 spiro atoms. The molecule has 0 radical (unpaired) electrons. The van der Waals surface area contributed by atoms with Gasteiger partial charge in [0.25, 0.3) is 0 Å². The van der Waals surface area contributed by atoms with E-state index in [2.05, 4.69) is 20.7 Å². The first-order valence-corrected chi connectivity index (χ1v) is 6.52. The van der Waals surface area contributed by atoms with Crippen LogP contribution < -0.4 is 4.74 Å². The summed E-state index contributed by atoms with van der Waals surface area (Å²) in [6.45, 7) is 1.81. The van der Waals surface area contributed by atoms with Gasteiger partial charge in [0.05, 0.1) is 0 Å². The molecule has 0 heterocycles. The Kier molecular flexibility index (Phi) is 5.31. The molecular formula is C12H14BrF3O. The quantitative estimate of drug-likeness (QED) is 0.729. The normalized spacial score (nSPS) is 11.6. The third-order valence-electron chi connectivity index (χ3n) is 2.33. The van der Waals surface area contributed by atoms with Crippen LogP contribution in [0.2, 0.25) is 0 Å². The van der Waals surface area contributed by atoms with Gasteiger partial charge in [-0.05, 0) is 36.5 Å². The van der Waals surface area contributed by atoms with Crippen molar-refractivity contribution < 1.29 is 17.9 Å². The minimum Gasteiger partial charge on any atom is -0.406 e. The maximum Gasteiger partial charge on any atom is 0.573 e. The van der Waals surface area contributed by atoms with Crippen LogP contribution in [0, 0.1) is 0 Å². The molecule has 5 heteroatoms. The first-order valence-electron chi connectivity index (χ1n) is 5.39. The van der Waals surface area contributed by atoms with Crippen LogP contribution in [0.5, 0.6) is 5.75 Å². The fourth-order valence-electron chi connectivity index (χ4n) is 1.56. The van der Waals surface area contributed by atoms with E-state index < -0.39 is 6.36 Å². The Hall–Kier alpha value is -0.710. The van der Waals surface area contributed by atoms with E-state index >= 15 is 0 Å². The van der Waals surface area contributed by atoms with Crippen LogP contribution in [-0.2, 0) is 12.8 Å². The highest BCUT2D eigenvalue weighted by Gasteiger charge is 2.31. The van der Waals surface area contributed by atoms with Gasteiger partial charge in [0.1, 0.15) is 5.75 Å². The van der Waals surface area contributed by atoms with Gasteiger partial charge in [0.2, 0.25) is 0 Å². The number of hydrogen-bond acceptors (Lipinski definition) is 1. The molecule has 0 aliphatic carbocycles. The van der Waals surface area contributed by atoms with Crippen LogP contribution in [-0.4, -0.2) is 11.7 Å². The summed E-state index contributed by atoms with van der Waals surface area (Å²) in [5, 5.41) is 0.884. The molecule has 0 fully saturated rings. The molecule has 0 aliphatic heterocycles. The summed E-state index contributed by atoms with van der Waals surface area (Å²) in [6.07, 6.45) is -2.29. The topological polar surface area (TPSA) is 9.23 Å². The Bertz CT molecular complexity index is 363. The standard InChI is InChI=1S/C12H14BrF3O/c1-2-10-8-9(4-3-7-13)5-6-11(10)17-12(14,15)16/h5-6,8H,2-4,7H2,1H3. The monoisotopic (exact) mass is 310 g/mol. The van der Waals surface area contributed by atoms with E-state index in [9.17, 15) is 13.2 Å². The molecular weight excluding hydrogens is 297 g/mol. The number of rotatable bonds is 5. The number of alkyl halides is 4. The molecule has 0 bridgehead atoms. The van der Waals surface area contributed by atoms with Crippen molar-refractivity contribution in [2.75, 3.05) is 5.33 Å². The summed E-state index contributed by atoms with van der Waals surface area (Å²) in [5.74, 6) is -0.0948. The molecule has 0 saturated carbocycles. The maximum atomic E-state index is 12.1. The number of hydrogen-bond donors (Lipinski definition) is 0. The van der Waals surface area contributed by atoms with E-state index in [4.69, 9.17) is 0 Å². The zero-order valence-electron chi connectivity index (χ0n) is 9.48. The number of aryl methyl sites for hydroxylation is 2. The Morgan fingerprint density at radius 2 is 2.00 bits per heavy atom. The molecule has 17 heavy (non-hydrogen) atoms. The van der Waals surface area contributed by atoms with Crippen LogP contribution in [0.25, 0.3) is 0 Å². The van der Waals surface area contributed by atoms with Crippen molar-refractivity contribution in [2.24, 2.45) is 0 Å². The second kappa shape index (κ2) is 6.28. The molecule has 0 amide bonds. The lowest BCUT2D eigenvalue weighted by Crippen LogP contribution is -2.18. The van der Waals surface area contributed by atoms with Gasteiger partial charge in [-0.25, -0.2) is 0 Å². The molecule has 1 nitrogen and oxygen atoms in total. The largest absolute Gasteiger partial charge is 0.573 e. The number of benzene rings is 1. The molecule has 0 aliphatic rings. The zero-order valence-corrected chi connectivity index (χ0v) is 11.1. The van der Waals surface area contributed by atoms with Gasteiger partial charge in [-0.15, -0.1) is 13.2 Å². The Morgan fingerprint density at radius 1 is 1.29 bits per heavy atom. The molecule has 0 atom stereocenters. The van der Waals surface area contributed by atoms with Gasteiger partial charge in [0.15, 0.2) is 0 Å². The zero-order chi connectivity index (χ0) is 12.9. The average molecular weight is 311 g/mol. The fourth-order valence-corrected chi connectivity index (χ4v) is 1.84. The predicted octanol–water partition coefficient (Wildman–Crippen LogP) is 4.48. The highest BCUT2D eigenvalue weighted by molar-refractivity contribution is 9.09. The number of ether oxygens (including phenoxy) is 1. The van der Waals surface area contributed by atoms with Crippen molar-refractivity contribution >= 4 is 15.9 Å². The Balaban J connectivity index is 2.85. The van der Waals surface area contributed by atoms with Gasteiger partial charge < -0.3 is 4.74 Å².